The summed E-state index contributed by atoms with van der Waals surface area (Å²) in [5.74, 6) is -1.01. The van der Waals surface area contributed by atoms with E-state index in [1.54, 1.807) is 20.8 Å². The summed E-state index contributed by atoms with van der Waals surface area (Å²) < 4.78 is 9.57. The summed E-state index contributed by atoms with van der Waals surface area (Å²) in [5.41, 5.74) is -0.515. The van der Waals surface area contributed by atoms with Crippen molar-refractivity contribution in [2.45, 2.75) is 39.7 Å². The number of nitrogens with one attached hydrogen (secondary N) is 2. The molecule has 0 rings (SSSR count). The van der Waals surface area contributed by atoms with E-state index in [1.807, 2.05) is 0 Å². The lowest BCUT2D eigenvalue weighted by molar-refractivity contribution is -0.137. The van der Waals surface area contributed by atoms with Gasteiger partial charge in [0.2, 0.25) is 5.91 Å². The fourth-order valence-electron chi connectivity index (χ4n) is 1.19. The molecule has 2 N–H and O–H groups in total. The fourth-order valence-corrected chi connectivity index (χ4v) is 1.19. The summed E-state index contributed by atoms with van der Waals surface area (Å²) in [5, 5.41) is 4.89. The number of esters is 1. The maximum Gasteiger partial charge on any atom is 0.407 e. The van der Waals surface area contributed by atoms with Crippen LogP contribution in [0.1, 0.15) is 34.1 Å². The Bertz CT molecular complexity index is 396. The zero-order valence-corrected chi connectivity index (χ0v) is 12.5. The number of carbonyl (C=O) groups is 3. The minimum Gasteiger partial charge on any atom is -0.464 e. The lowest BCUT2D eigenvalue weighted by Crippen LogP contribution is -2.33. The first kappa shape index (κ1) is 17.9. The molecule has 20 heavy (non-hydrogen) atoms. The molecule has 0 aromatic carbocycles. The van der Waals surface area contributed by atoms with Crippen molar-refractivity contribution in [1.82, 2.24) is 10.6 Å². The van der Waals surface area contributed by atoms with Gasteiger partial charge in [-0.2, -0.15) is 0 Å². The minimum atomic E-state index is -0.641. The second kappa shape index (κ2) is 8.19. The monoisotopic (exact) mass is 287 g/mol. The van der Waals surface area contributed by atoms with E-state index in [9.17, 15) is 14.4 Å². The summed E-state index contributed by atoms with van der Waals surface area (Å²) in [7, 11) is 1.22. The number of amides is 2. The Hall–Kier alpha value is -2.05. The normalized spacial score (nSPS) is 11.6. The number of ether oxygens (including phenoxy) is 2. The lowest BCUT2D eigenvalue weighted by atomic mass is 10.2. The van der Waals surface area contributed by atoms with Gasteiger partial charge in [-0.3, -0.25) is 4.79 Å². The van der Waals surface area contributed by atoms with Gasteiger partial charge in [-0.05, 0) is 27.2 Å². The molecule has 0 unspecified atom stereocenters. The van der Waals surface area contributed by atoms with Gasteiger partial charge in [-0.1, -0.05) is 6.08 Å². The van der Waals surface area contributed by atoms with E-state index in [2.05, 4.69) is 15.4 Å². The smallest absolute Gasteiger partial charge is 0.407 e. The summed E-state index contributed by atoms with van der Waals surface area (Å²) >= 11 is 0. The van der Waals surface area contributed by atoms with Crippen LogP contribution in [0.4, 0.5) is 4.79 Å². The Labute approximate surface area is 118 Å². The molecule has 7 nitrogen and oxygen atoms in total. The summed E-state index contributed by atoms with van der Waals surface area (Å²) in [6, 6.07) is 0. The van der Waals surface area contributed by atoms with Gasteiger partial charge >= 0.3 is 12.1 Å². The second-order valence-corrected chi connectivity index (χ2v) is 5.01. The molecule has 0 fully saturated rings. The van der Waals surface area contributed by atoms with E-state index < -0.39 is 17.7 Å². The number of methoxy groups -OCH3 is 1. The van der Waals surface area contributed by atoms with E-state index in [0.717, 1.165) is 0 Å². The Morgan fingerprint density at radius 3 is 2.25 bits per heavy atom. The van der Waals surface area contributed by atoms with Gasteiger partial charge in [-0.15, -0.1) is 0 Å². The Balaban J connectivity index is 4.27. The quantitative estimate of drug-likeness (QED) is 0.342. The molecule has 7 heteroatoms. The average molecular weight is 287 g/mol. The van der Waals surface area contributed by atoms with Gasteiger partial charge in [0.1, 0.15) is 11.3 Å². The number of carbonyl (C=O) groups excluding carboxylic acids is 3. The van der Waals surface area contributed by atoms with E-state index in [1.165, 1.54) is 20.1 Å². The standard InChI is InChI=1S/C13H22N2O5/c1-9(16)15-10(11(17)19-5)7-6-8-14-12(18)20-13(2,3)4/h7H,6,8H2,1-5H3,(H,14,18)(H,15,16)/b10-7-/i10+1. The maximum atomic E-state index is 11.4. The number of rotatable bonds is 5. The first-order valence-electron chi connectivity index (χ1n) is 6.18. The highest BCUT2D eigenvalue weighted by Gasteiger charge is 2.15. The molecule has 0 spiro atoms. The van der Waals surface area contributed by atoms with E-state index in [-0.39, 0.29) is 18.1 Å². The Morgan fingerprint density at radius 1 is 1.20 bits per heavy atom. The summed E-state index contributed by atoms with van der Waals surface area (Å²) in [6.45, 7) is 6.85. The third-order valence-corrected chi connectivity index (χ3v) is 1.88. The third-order valence-electron chi connectivity index (χ3n) is 1.88. The topological polar surface area (TPSA) is 93.7 Å². The molecule has 2 amide bonds. The van der Waals surface area contributed by atoms with Crippen molar-refractivity contribution in [3.05, 3.63) is 11.8 Å². The first-order valence-corrected chi connectivity index (χ1v) is 6.18. The fraction of sp³-hybridized carbons (Fsp3) is 0.615. The van der Waals surface area contributed by atoms with Crippen molar-refractivity contribution < 1.29 is 23.9 Å². The molecule has 0 aromatic rings. The zero-order valence-electron chi connectivity index (χ0n) is 12.5. The Kier molecular flexibility index (Phi) is 7.35. The van der Waals surface area contributed by atoms with Crippen LogP contribution >= 0.6 is 0 Å². The zero-order chi connectivity index (χ0) is 15.8. The number of alkyl carbamates (subject to hydrolysis) is 1. The van der Waals surface area contributed by atoms with Crippen molar-refractivity contribution in [3.63, 3.8) is 0 Å². The molecule has 0 aromatic heterocycles. The van der Waals surface area contributed by atoms with Crippen molar-refractivity contribution in [3.8, 4) is 0 Å². The highest BCUT2D eigenvalue weighted by molar-refractivity contribution is 5.93. The van der Waals surface area contributed by atoms with Crippen molar-refractivity contribution >= 4 is 18.0 Å². The average Bonchev–Trinajstić information content (AvgIpc) is 2.29. The second-order valence-electron chi connectivity index (χ2n) is 5.01. The minimum absolute atomic E-state index is 0.0472. The van der Waals surface area contributed by atoms with Gasteiger partial charge in [0, 0.05) is 13.5 Å². The van der Waals surface area contributed by atoms with Crippen molar-refractivity contribution in [2.75, 3.05) is 13.7 Å². The van der Waals surface area contributed by atoms with Gasteiger partial charge in [-0.25, -0.2) is 9.59 Å². The van der Waals surface area contributed by atoms with Crippen LogP contribution in [0.15, 0.2) is 11.8 Å². The van der Waals surface area contributed by atoms with Crippen molar-refractivity contribution in [2.24, 2.45) is 0 Å². The van der Waals surface area contributed by atoms with Gasteiger partial charge in [0.05, 0.1) is 7.11 Å². The molecule has 0 saturated carbocycles. The molecular weight excluding hydrogens is 265 g/mol. The van der Waals surface area contributed by atoms with Crippen LogP contribution in [0.25, 0.3) is 0 Å². The molecule has 0 heterocycles. The van der Waals surface area contributed by atoms with Crippen LogP contribution in [-0.2, 0) is 19.1 Å². The lowest BCUT2D eigenvalue weighted by Gasteiger charge is -2.19. The van der Waals surface area contributed by atoms with Crippen LogP contribution in [0.3, 0.4) is 0 Å². The molecule has 114 valence electrons. The molecule has 0 saturated heterocycles. The highest BCUT2D eigenvalue weighted by Crippen LogP contribution is 2.06. The first-order chi connectivity index (χ1) is 9.15. The summed E-state index contributed by atoms with van der Waals surface area (Å²) in [4.78, 5) is 33.6. The third kappa shape index (κ3) is 8.96. The van der Waals surface area contributed by atoms with Crippen LogP contribution in [-0.4, -0.2) is 37.2 Å². The molecule has 0 atom stereocenters. The van der Waals surface area contributed by atoms with Gasteiger partial charge < -0.3 is 20.1 Å². The predicted octanol–water partition coefficient (Wildman–Crippen LogP) is 1.09. The summed E-state index contributed by atoms with van der Waals surface area (Å²) in [6.07, 6.45) is 1.29. The predicted molar refractivity (Wildman–Crippen MR) is 72.8 cm³/mol. The SMILES string of the molecule is COC(=O)/[13C](=C/CCNC(=O)OC(C)(C)C)NC(C)=O. The molecule has 0 aliphatic heterocycles. The van der Waals surface area contributed by atoms with Crippen LogP contribution < -0.4 is 10.6 Å². The molecule has 0 radical (unpaired) electrons. The Morgan fingerprint density at radius 2 is 1.80 bits per heavy atom. The highest BCUT2D eigenvalue weighted by atomic mass is 16.6. The molecule has 0 aliphatic carbocycles. The number of hydrogen-bond acceptors (Lipinski definition) is 5. The van der Waals surface area contributed by atoms with Crippen LogP contribution in [0, 0.1) is 0 Å². The van der Waals surface area contributed by atoms with Gasteiger partial charge in [0.15, 0.2) is 0 Å². The maximum absolute atomic E-state index is 11.4. The molecular formula is C13H22N2O5. The van der Waals surface area contributed by atoms with Gasteiger partial charge in [0.25, 0.3) is 0 Å². The van der Waals surface area contributed by atoms with Crippen LogP contribution in [0.2, 0.25) is 0 Å². The number of hydrogen-bond donors (Lipinski definition) is 2. The molecule has 0 aliphatic rings. The van der Waals surface area contributed by atoms with E-state index in [4.69, 9.17) is 4.74 Å². The van der Waals surface area contributed by atoms with Crippen molar-refractivity contribution in [1.29, 1.82) is 0 Å². The van der Waals surface area contributed by atoms with E-state index >= 15 is 0 Å². The van der Waals surface area contributed by atoms with Crippen LogP contribution in [0.5, 0.6) is 0 Å². The largest absolute Gasteiger partial charge is 0.464 e. The molecule has 0 bridgehead atoms. The van der Waals surface area contributed by atoms with E-state index in [0.29, 0.717) is 6.42 Å².